The van der Waals surface area contributed by atoms with Crippen molar-refractivity contribution in [1.82, 2.24) is 10.3 Å². The summed E-state index contributed by atoms with van der Waals surface area (Å²) in [7, 11) is 0. The van der Waals surface area contributed by atoms with Gasteiger partial charge in [-0.2, -0.15) is 0 Å². The molecule has 6 nitrogen and oxygen atoms in total. The number of fused-ring (bicyclic) bond motifs is 1. The van der Waals surface area contributed by atoms with Crippen LogP contribution in [0.3, 0.4) is 0 Å². The van der Waals surface area contributed by atoms with Crippen molar-refractivity contribution in [3.05, 3.63) is 95.8 Å². The molecule has 4 rings (SSSR count). The van der Waals surface area contributed by atoms with Crippen LogP contribution in [0.4, 0.5) is 5.69 Å². The minimum atomic E-state index is -0.599. The number of benzene rings is 2. The van der Waals surface area contributed by atoms with Gasteiger partial charge in [0.1, 0.15) is 6.17 Å². The predicted molar refractivity (Wildman–Crippen MR) is 119 cm³/mol. The van der Waals surface area contributed by atoms with Crippen molar-refractivity contribution < 1.29 is 4.79 Å². The highest BCUT2D eigenvalue weighted by molar-refractivity contribution is 6.16. The molecule has 1 aromatic heterocycles. The van der Waals surface area contributed by atoms with Crippen LogP contribution in [0.25, 0.3) is 0 Å². The predicted octanol–water partition coefficient (Wildman–Crippen LogP) is 2.73. The zero-order valence-electron chi connectivity index (χ0n) is 16.9. The second-order valence-corrected chi connectivity index (χ2v) is 7.42. The summed E-state index contributed by atoms with van der Waals surface area (Å²) in [6.07, 6.45) is 3.20. The van der Waals surface area contributed by atoms with Crippen molar-refractivity contribution >= 4 is 17.3 Å². The number of rotatable bonds is 5. The molecular weight excluding hydrogens is 374 g/mol. The molecule has 2 atom stereocenters. The Morgan fingerprint density at radius 1 is 1.13 bits per heavy atom. The number of aromatic nitrogens is 1. The van der Waals surface area contributed by atoms with E-state index in [1.807, 2.05) is 54.7 Å². The maximum Gasteiger partial charge on any atom is 0.238 e. The lowest BCUT2D eigenvalue weighted by atomic mass is 10.00. The first kappa shape index (κ1) is 19.8. The first-order chi connectivity index (χ1) is 14.6. The minimum absolute atomic E-state index is 0.219. The van der Waals surface area contributed by atoms with Crippen molar-refractivity contribution in [3.8, 4) is 0 Å². The maximum atomic E-state index is 12.4. The number of nitrogens with one attached hydrogen (secondary N) is 1. The third kappa shape index (κ3) is 4.39. The van der Waals surface area contributed by atoms with Crippen LogP contribution in [0.2, 0.25) is 0 Å². The number of aliphatic imine (C=N–C) groups is 1. The van der Waals surface area contributed by atoms with Crippen molar-refractivity contribution in [3.63, 3.8) is 0 Å². The fraction of sp³-hybridized carbons (Fsp3) is 0.208. The maximum absolute atomic E-state index is 12.4. The van der Waals surface area contributed by atoms with Gasteiger partial charge >= 0.3 is 0 Å². The van der Waals surface area contributed by atoms with Gasteiger partial charge < -0.3 is 16.0 Å². The van der Waals surface area contributed by atoms with Crippen LogP contribution in [0.15, 0.2) is 84.1 Å². The average molecular weight is 399 g/mol. The Labute approximate surface area is 176 Å². The van der Waals surface area contributed by atoms with Gasteiger partial charge in [-0.3, -0.25) is 14.8 Å². The Hall–Kier alpha value is -3.51. The number of nitrogens with zero attached hydrogens (tertiary/aromatic N) is 3. The molecule has 2 heterocycles. The van der Waals surface area contributed by atoms with E-state index in [0.29, 0.717) is 13.1 Å². The van der Waals surface area contributed by atoms with Crippen LogP contribution in [0.5, 0.6) is 0 Å². The van der Waals surface area contributed by atoms with E-state index in [1.54, 1.807) is 13.1 Å². The van der Waals surface area contributed by atoms with Crippen LogP contribution < -0.4 is 16.0 Å². The van der Waals surface area contributed by atoms with E-state index in [4.69, 9.17) is 10.7 Å². The molecule has 0 saturated carbocycles. The number of carbonyl (C=O) groups is 1. The van der Waals surface area contributed by atoms with Gasteiger partial charge in [0, 0.05) is 35.8 Å². The van der Waals surface area contributed by atoms with E-state index < -0.39 is 12.2 Å². The zero-order valence-corrected chi connectivity index (χ0v) is 16.9. The SMILES string of the molecule is C[C@H](N)C(=O)NC1CN(Cc2cccnc2)c2ccccc2C(c2ccccc2)=N1. The summed E-state index contributed by atoms with van der Waals surface area (Å²) in [6, 6.07) is 21.6. The van der Waals surface area contributed by atoms with Crippen molar-refractivity contribution in [2.45, 2.75) is 25.7 Å². The van der Waals surface area contributed by atoms with Gasteiger partial charge in [0.2, 0.25) is 5.91 Å². The highest BCUT2D eigenvalue weighted by Gasteiger charge is 2.26. The highest BCUT2D eigenvalue weighted by Crippen LogP contribution is 2.28. The molecule has 30 heavy (non-hydrogen) atoms. The van der Waals surface area contributed by atoms with E-state index in [-0.39, 0.29) is 5.91 Å². The monoisotopic (exact) mass is 399 g/mol. The van der Waals surface area contributed by atoms with E-state index in [2.05, 4.69) is 33.4 Å². The Morgan fingerprint density at radius 2 is 1.90 bits per heavy atom. The normalized spacial score (nSPS) is 16.8. The summed E-state index contributed by atoms with van der Waals surface area (Å²) in [5.74, 6) is -0.219. The van der Waals surface area contributed by atoms with Gasteiger partial charge in [-0.05, 0) is 24.6 Å². The zero-order chi connectivity index (χ0) is 20.9. The van der Waals surface area contributed by atoms with Crippen molar-refractivity contribution in [2.75, 3.05) is 11.4 Å². The smallest absolute Gasteiger partial charge is 0.238 e. The highest BCUT2D eigenvalue weighted by atomic mass is 16.2. The summed E-state index contributed by atoms with van der Waals surface area (Å²) in [5.41, 5.74) is 10.9. The van der Waals surface area contributed by atoms with Crippen LogP contribution in [0.1, 0.15) is 23.6 Å². The average Bonchev–Trinajstić information content (AvgIpc) is 2.92. The fourth-order valence-corrected chi connectivity index (χ4v) is 3.58. The number of benzodiazepines with no additional fused rings is 1. The lowest BCUT2D eigenvalue weighted by Gasteiger charge is -2.27. The summed E-state index contributed by atoms with van der Waals surface area (Å²) in [5, 5.41) is 3.00. The van der Waals surface area contributed by atoms with Crippen LogP contribution in [-0.4, -0.2) is 35.4 Å². The Balaban J connectivity index is 1.78. The standard InChI is InChI=1S/C24H25N5O/c1-17(25)24(30)28-22-16-29(15-18-8-7-13-26-14-18)21-12-6-5-11-20(21)23(27-22)19-9-3-2-4-10-19/h2-14,17,22H,15-16,25H2,1H3,(H,28,30)/t17-,22?/m0/s1. The lowest BCUT2D eigenvalue weighted by molar-refractivity contribution is -0.122. The van der Waals surface area contributed by atoms with E-state index in [9.17, 15) is 4.79 Å². The number of anilines is 1. The third-order valence-electron chi connectivity index (χ3n) is 5.04. The first-order valence-corrected chi connectivity index (χ1v) is 10.0. The second kappa shape index (κ2) is 8.88. The number of para-hydroxylation sites is 1. The number of hydrogen-bond donors (Lipinski definition) is 2. The largest absolute Gasteiger partial charge is 0.363 e. The van der Waals surface area contributed by atoms with Gasteiger partial charge in [-0.1, -0.05) is 54.6 Å². The van der Waals surface area contributed by atoms with E-state index >= 15 is 0 Å². The topological polar surface area (TPSA) is 83.6 Å². The molecule has 3 aromatic rings. The van der Waals surface area contributed by atoms with Gasteiger partial charge in [0.25, 0.3) is 0 Å². The Bertz CT molecular complexity index is 1030. The molecule has 152 valence electrons. The van der Waals surface area contributed by atoms with Gasteiger partial charge in [-0.15, -0.1) is 0 Å². The van der Waals surface area contributed by atoms with E-state index in [1.165, 1.54) is 0 Å². The summed E-state index contributed by atoms with van der Waals surface area (Å²) >= 11 is 0. The molecule has 1 aliphatic rings. The molecule has 6 heteroatoms. The molecule has 0 bridgehead atoms. The Morgan fingerprint density at radius 3 is 2.63 bits per heavy atom. The molecular formula is C24H25N5O. The Kier molecular flexibility index (Phi) is 5.86. The number of pyridine rings is 1. The molecule has 1 aliphatic heterocycles. The molecule has 3 N–H and O–H groups in total. The van der Waals surface area contributed by atoms with Crippen LogP contribution >= 0.6 is 0 Å². The molecule has 2 aromatic carbocycles. The van der Waals surface area contributed by atoms with E-state index in [0.717, 1.165) is 28.1 Å². The number of nitrogens with two attached hydrogens (primary N) is 1. The quantitative estimate of drug-likeness (QED) is 0.691. The summed E-state index contributed by atoms with van der Waals surface area (Å²) in [6.45, 7) is 2.86. The third-order valence-corrected chi connectivity index (χ3v) is 5.04. The number of amides is 1. The first-order valence-electron chi connectivity index (χ1n) is 10.0. The van der Waals surface area contributed by atoms with Crippen molar-refractivity contribution in [2.24, 2.45) is 10.7 Å². The van der Waals surface area contributed by atoms with Crippen LogP contribution in [0, 0.1) is 0 Å². The van der Waals surface area contributed by atoms with Gasteiger partial charge in [-0.25, -0.2) is 0 Å². The molecule has 1 amide bonds. The molecule has 0 spiro atoms. The summed E-state index contributed by atoms with van der Waals surface area (Å²) in [4.78, 5) is 23.8. The molecule has 0 saturated heterocycles. The number of hydrogen-bond acceptors (Lipinski definition) is 5. The minimum Gasteiger partial charge on any atom is -0.363 e. The fourth-order valence-electron chi connectivity index (χ4n) is 3.58. The van der Waals surface area contributed by atoms with Crippen molar-refractivity contribution in [1.29, 1.82) is 0 Å². The molecule has 0 aliphatic carbocycles. The molecule has 0 fully saturated rings. The lowest BCUT2D eigenvalue weighted by Crippen LogP contribution is -2.47. The summed E-state index contributed by atoms with van der Waals surface area (Å²) < 4.78 is 0. The van der Waals surface area contributed by atoms with Gasteiger partial charge in [0.05, 0.1) is 18.3 Å². The van der Waals surface area contributed by atoms with Gasteiger partial charge in [0.15, 0.2) is 0 Å². The number of carbonyl (C=O) groups excluding carboxylic acids is 1. The van der Waals surface area contributed by atoms with Crippen LogP contribution in [-0.2, 0) is 11.3 Å². The second-order valence-electron chi connectivity index (χ2n) is 7.42. The molecule has 0 radical (unpaired) electrons. The molecule has 1 unspecified atom stereocenters.